The molecule has 1 aliphatic rings. The molecule has 0 bridgehead atoms. The molecule has 1 saturated heterocycles. The molecule has 0 spiro atoms. The number of aromatic nitrogens is 2. The number of H-pyrrole nitrogens is 1. The van der Waals surface area contributed by atoms with Gasteiger partial charge in [0, 0.05) is 41.0 Å². The number of anilines is 1. The quantitative estimate of drug-likeness (QED) is 0.247. The summed E-state index contributed by atoms with van der Waals surface area (Å²) in [5.41, 5.74) is 2.62. The molecule has 3 aromatic rings. The number of carboxylic acid groups (broad SMARTS) is 1. The molecule has 7 nitrogen and oxygen atoms in total. The number of carbonyl (C=O) groups is 1. The van der Waals surface area contributed by atoms with Gasteiger partial charge in [-0.2, -0.15) is 0 Å². The van der Waals surface area contributed by atoms with Crippen molar-refractivity contribution in [1.29, 1.82) is 0 Å². The molecule has 1 aromatic carbocycles. The third-order valence-corrected chi connectivity index (χ3v) is 7.53. The third kappa shape index (κ3) is 6.69. The van der Waals surface area contributed by atoms with Crippen LogP contribution in [0.15, 0.2) is 52.4 Å². The first kappa shape index (κ1) is 23.5. The minimum atomic E-state index is -0.862. The molecular weight excluding hydrogens is 458 g/mol. The van der Waals surface area contributed by atoms with Crippen molar-refractivity contribution in [1.82, 2.24) is 9.97 Å². The van der Waals surface area contributed by atoms with Gasteiger partial charge in [-0.15, -0.1) is 11.3 Å². The largest absolute Gasteiger partial charge is 0.477 e. The van der Waals surface area contributed by atoms with Crippen molar-refractivity contribution in [2.75, 3.05) is 37.0 Å². The average molecular weight is 486 g/mol. The number of hydrogen-bond acceptors (Lipinski definition) is 7. The van der Waals surface area contributed by atoms with Gasteiger partial charge in [0.2, 0.25) is 0 Å². The number of unbranched alkanes of at least 4 members (excludes halogenated alkanes) is 2. The lowest BCUT2D eigenvalue weighted by Gasteiger charge is -2.28. The van der Waals surface area contributed by atoms with Crippen LogP contribution in [-0.4, -0.2) is 53.1 Å². The predicted molar refractivity (Wildman–Crippen MR) is 133 cm³/mol. The number of aryl methyl sites for hydroxylation is 1. The lowest BCUT2D eigenvalue weighted by atomic mass is 10.1. The standard InChI is InChI=1S/C24H27N3O4S2/c28-22-16-20(17-5-7-18(8-6-17)27-11-13-31-14-12-27)25-24(26-22)32-15-3-1-2-4-19-9-10-21(33-19)23(29)30/h5-10,16H,1-4,11-15H2,(H,29,30)(H,25,26,28). The lowest BCUT2D eigenvalue weighted by Crippen LogP contribution is -2.36. The number of nitrogens with one attached hydrogen (secondary N) is 1. The van der Waals surface area contributed by atoms with Crippen molar-refractivity contribution in [2.45, 2.75) is 30.8 Å². The van der Waals surface area contributed by atoms with Crippen LogP contribution in [0.5, 0.6) is 0 Å². The number of thioether (sulfide) groups is 1. The van der Waals surface area contributed by atoms with E-state index in [9.17, 15) is 9.59 Å². The van der Waals surface area contributed by atoms with E-state index >= 15 is 0 Å². The van der Waals surface area contributed by atoms with Gasteiger partial charge in [-0.05, 0) is 43.5 Å². The minimum absolute atomic E-state index is 0.147. The zero-order valence-corrected chi connectivity index (χ0v) is 19.9. The van der Waals surface area contributed by atoms with Crippen molar-refractivity contribution in [3.63, 3.8) is 0 Å². The van der Waals surface area contributed by atoms with Crippen LogP contribution >= 0.6 is 23.1 Å². The molecule has 2 N–H and O–H groups in total. The number of thiophene rings is 1. The topological polar surface area (TPSA) is 95.5 Å². The van der Waals surface area contributed by atoms with Gasteiger partial charge in [-0.3, -0.25) is 4.79 Å². The molecule has 3 heterocycles. The molecule has 0 aliphatic carbocycles. The number of carboxylic acids is 1. The minimum Gasteiger partial charge on any atom is -0.477 e. The highest BCUT2D eigenvalue weighted by Crippen LogP contribution is 2.24. The van der Waals surface area contributed by atoms with Gasteiger partial charge in [0.05, 0.1) is 18.9 Å². The van der Waals surface area contributed by atoms with Gasteiger partial charge in [-0.1, -0.05) is 30.3 Å². The summed E-state index contributed by atoms with van der Waals surface area (Å²) in [6.07, 6.45) is 3.96. The summed E-state index contributed by atoms with van der Waals surface area (Å²) in [7, 11) is 0. The summed E-state index contributed by atoms with van der Waals surface area (Å²) in [6.45, 7) is 3.27. The van der Waals surface area contributed by atoms with E-state index in [2.05, 4.69) is 27.0 Å². The van der Waals surface area contributed by atoms with E-state index in [0.29, 0.717) is 15.7 Å². The van der Waals surface area contributed by atoms with Crippen LogP contribution < -0.4 is 10.5 Å². The van der Waals surface area contributed by atoms with Crippen molar-refractivity contribution in [3.05, 3.63) is 62.6 Å². The first-order valence-corrected chi connectivity index (χ1v) is 12.9. The van der Waals surface area contributed by atoms with Crippen LogP contribution in [0, 0.1) is 0 Å². The molecule has 1 fully saturated rings. The SMILES string of the molecule is O=C(O)c1ccc(CCCCCSc2nc(-c3ccc(N4CCOCC4)cc3)cc(=O)[nH]2)s1. The van der Waals surface area contributed by atoms with E-state index < -0.39 is 5.97 Å². The zero-order chi connectivity index (χ0) is 23.0. The number of ether oxygens (including phenoxy) is 1. The molecule has 9 heteroatoms. The van der Waals surface area contributed by atoms with Crippen molar-refractivity contribution in [3.8, 4) is 11.3 Å². The molecule has 4 rings (SSSR count). The van der Waals surface area contributed by atoms with Gasteiger partial charge in [0.25, 0.3) is 5.56 Å². The Labute approximate surface area is 200 Å². The Morgan fingerprint density at radius 1 is 1.12 bits per heavy atom. The van der Waals surface area contributed by atoms with Gasteiger partial charge >= 0.3 is 5.97 Å². The maximum absolute atomic E-state index is 12.2. The van der Waals surface area contributed by atoms with Gasteiger partial charge in [0.15, 0.2) is 5.16 Å². The van der Waals surface area contributed by atoms with Gasteiger partial charge in [-0.25, -0.2) is 9.78 Å². The zero-order valence-electron chi connectivity index (χ0n) is 18.3. The Hall–Kier alpha value is -2.62. The number of benzene rings is 1. The highest BCUT2D eigenvalue weighted by molar-refractivity contribution is 7.99. The molecule has 0 unspecified atom stereocenters. The molecule has 1 aliphatic heterocycles. The summed E-state index contributed by atoms with van der Waals surface area (Å²) < 4.78 is 5.41. The lowest BCUT2D eigenvalue weighted by molar-refractivity contribution is 0.0702. The number of rotatable bonds is 10. The second kappa shape index (κ2) is 11.5. The molecule has 0 amide bonds. The Balaban J connectivity index is 1.26. The average Bonchev–Trinajstić information content (AvgIpc) is 3.31. The Kier molecular flexibility index (Phi) is 8.20. The van der Waals surface area contributed by atoms with E-state index in [1.54, 1.807) is 23.9 Å². The molecule has 0 atom stereocenters. The normalized spacial score (nSPS) is 13.9. The van der Waals surface area contributed by atoms with Crippen LogP contribution in [0.1, 0.15) is 33.8 Å². The highest BCUT2D eigenvalue weighted by Gasteiger charge is 2.12. The highest BCUT2D eigenvalue weighted by atomic mass is 32.2. The van der Waals surface area contributed by atoms with Crippen LogP contribution in [0.2, 0.25) is 0 Å². The third-order valence-electron chi connectivity index (χ3n) is 5.44. The predicted octanol–water partition coefficient (Wildman–Crippen LogP) is 4.54. The molecule has 0 radical (unpaired) electrons. The van der Waals surface area contributed by atoms with Crippen LogP contribution in [0.4, 0.5) is 5.69 Å². The van der Waals surface area contributed by atoms with Crippen LogP contribution in [0.3, 0.4) is 0 Å². The van der Waals surface area contributed by atoms with Gasteiger partial charge in [0.1, 0.15) is 4.88 Å². The van der Waals surface area contributed by atoms with Crippen LogP contribution in [-0.2, 0) is 11.2 Å². The van der Waals surface area contributed by atoms with Crippen molar-refractivity contribution < 1.29 is 14.6 Å². The number of aromatic carboxylic acids is 1. The second-order valence-corrected chi connectivity index (χ2v) is 10.1. The first-order valence-electron chi connectivity index (χ1n) is 11.1. The Morgan fingerprint density at radius 2 is 1.91 bits per heavy atom. The maximum Gasteiger partial charge on any atom is 0.345 e. The van der Waals surface area contributed by atoms with E-state index in [4.69, 9.17) is 9.84 Å². The van der Waals surface area contributed by atoms with E-state index in [1.165, 1.54) is 11.3 Å². The fourth-order valence-electron chi connectivity index (χ4n) is 3.69. The Bertz CT molecular complexity index is 1120. The second-order valence-electron chi connectivity index (χ2n) is 7.81. The molecule has 0 saturated carbocycles. The van der Waals surface area contributed by atoms with Crippen LogP contribution in [0.25, 0.3) is 11.3 Å². The number of morpholine rings is 1. The summed E-state index contributed by atoms with van der Waals surface area (Å²) in [5, 5.41) is 9.63. The summed E-state index contributed by atoms with van der Waals surface area (Å²) in [6, 6.07) is 13.3. The number of hydrogen-bond donors (Lipinski definition) is 2. The molecule has 2 aromatic heterocycles. The maximum atomic E-state index is 12.2. The summed E-state index contributed by atoms with van der Waals surface area (Å²) in [5.74, 6) is 0.00658. The fraction of sp³-hybridized carbons (Fsp3) is 0.375. The summed E-state index contributed by atoms with van der Waals surface area (Å²) >= 11 is 2.91. The molecule has 174 valence electrons. The van der Waals surface area contributed by atoms with Crippen molar-refractivity contribution in [2.24, 2.45) is 0 Å². The first-order chi connectivity index (χ1) is 16.1. The fourth-order valence-corrected chi connectivity index (χ4v) is 5.46. The smallest absolute Gasteiger partial charge is 0.345 e. The molecule has 33 heavy (non-hydrogen) atoms. The summed E-state index contributed by atoms with van der Waals surface area (Å²) in [4.78, 5) is 34.4. The van der Waals surface area contributed by atoms with Crippen molar-refractivity contribution >= 4 is 34.8 Å². The molecular formula is C24H27N3O4S2. The number of nitrogens with zero attached hydrogens (tertiary/aromatic N) is 2. The number of aromatic amines is 1. The van der Waals surface area contributed by atoms with E-state index in [-0.39, 0.29) is 5.56 Å². The van der Waals surface area contributed by atoms with E-state index in [0.717, 1.165) is 73.9 Å². The van der Waals surface area contributed by atoms with E-state index in [1.807, 2.05) is 18.2 Å². The Morgan fingerprint density at radius 3 is 2.64 bits per heavy atom. The monoisotopic (exact) mass is 485 g/mol. The van der Waals surface area contributed by atoms with Gasteiger partial charge < -0.3 is 19.7 Å².